The molecular weight excluding hydrogens is 208 g/mol. The van der Waals surface area contributed by atoms with Gasteiger partial charge < -0.3 is 9.84 Å². The lowest BCUT2D eigenvalue weighted by Crippen LogP contribution is -2.03. The first-order chi connectivity index (χ1) is 7.36. The Morgan fingerprint density at radius 2 is 1.88 bits per heavy atom. The second kappa shape index (κ2) is 9.71. The Bertz CT molecular complexity index is 300. The molecule has 0 aliphatic carbocycles. The first-order valence-corrected chi connectivity index (χ1v) is 4.66. The van der Waals surface area contributed by atoms with E-state index in [2.05, 4.69) is 17.9 Å². The third-order valence-electron chi connectivity index (χ3n) is 1.45. The molecule has 0 atom stereocenters. The fourth-order valence-electron chi connectivity index (χ4n) is 0.381. The smallest absolute Gasteiger partial charge is 0.333 e. The second-order valence-corrected chi connectivity index (χ2v) is 2.94. The van der Waals surface area contributed by atoms with Gasteiger partial charge in [-0.1, -0.05) is 25.3 Å². The number of hydrogen-bond donors (Lipinski definition) is 1. The van der Waals surface area contributed by atoms with E-state index in [1.165, 1.54) is 6.08 Å². The summed E-state index contributed by atoms with van der Waals surface area (Å²) in [5.41, 5.74) is 0.803. The molecule has 0 unspecified atom stereocenters. The first kappa shape index (κ1) is 16.6. The Morgan fingerprint density at radius 3 is 2.06 bits per heavy atom. The van der Waals surface area contributed by atoms with E-state index in [0.29, 0.717) is 11.1 Å². The van der Waals surface area contributed by atoms with Gasteiger partial charge in [-0.15, -0.1) is 0 Å². The maximum absolute atomic E-state index is 10.5. The van der Waals surface area contributed by atoms with E-state index in [9.17, 15) is 9.59 Å². The van der Waals surface area contributed by atoms with Crippen molar-refractivity contribution in [1.29, 1.82) is 0 Å². The lowest BCUT2D eigenvalue weighted by atomic mass is 10.3. The maximum atomic E-state index is 10.5. The molecule has 1 N–H and O–H groups in total. The Balaban J connectivity index is 0. The molecule has 0 radical (unpaired) electrons. The number of carboxylic acids is 1. The minimum Gasteiger partial charge on any atom is -0.478 e. The highest BCUT2D eigenvalue weighted by atomic mass is 16.5. The maximum Gasteiger partial charge on any atom is 0.333 e. The largest absolute Gasteiger partial charge is 0.478 e. The summed E-state index contributed by atoms with van der Waals surface area (Å²) < 4.78 is 4.60. The minimum atomic E-state index is -0.845. The van der Waals surface area contributed by atoms with E-state index in [-0.39, 0.29) is 12.6 Å². The number of rotatable bonds is 4. The molecule has 0 saturated heterocycles. The molecule has 0 amide bonds. The highest BCUT2D eigenvalue weighted by Crippen LogP contribution is 1.90. The molecule has 0 bridgehead atoms. The van der Waals surface area contributed by atoms with Crippen LogP contribution in [-0.4, -0.2) is 23.7 Å². The van der Waals surface area contributed by atoms with Gasteiger partial charge in [-0.05, 0) is 20.8 Å². The van der Waals surface area contributed by atoms with Crippen molar-refractivity contribution >= 4 is 11.9 Å². The van der Waals surface area contributed by atoms with E-state index in [0.717, 1.165) is 0 Å². The van der Waals surface area contributed by atoms with Gasteiger partial charge in [0.15, 0.2) is 0 Å². The molecular formula is C12H18O4. The van der Waals surface area contributed by atoms with Crippen molar-refractivity contribution in [3.8, 4) is 0 Å². The lowest BCUT2D eigenvalue weighted by molar-refractivity contribution is -0.137. The Hall–Kier alpha value is -1.84. The van der Waals surface area contributed by atoms with Gasteiger partial charge >= 0.3 is 11.9 Å². The summed E-state index contributed by atoms with van der Waals surface area (Å²) in [5, 5.41) is 8.11. The topological polar surface area (TPSA) is 63.6 Å². The average Bonchev–Trinajstić information content (AvgIpc) is 2.25. The molecule has 0 heterocycles. The third kappa shape index (κ3) is 10.2. The van der Waals surface area contributed by atoms with Crippen LogP contribution in [0.25, 0.3) is 0 Å². The quantitative estimate of drug-likeness (QED) is 0.454. The minimum absolute atomic E-state index is 0.256. The summed E-state index contributed by atoms with van der Waals surface area (Å²) in [6.45, 7) is 11.9. The van der Waals surface area contributed by atoms with Crippen LogP contribution in [0.2, 0.25) is 0 Å². The molecule has 0 rings (SSSR count). The number of hydrogen-bond acceptors (Lipinski definition) is 3. The fraction of sp³-hybridized carbons (Fsp3) is 0.333. The fourth-order valence-corrected chi connectivity index (χ4v) is 0.381. The van der Waals surface area contributed by atoms with Gasteiger partial charge in [-0.3, -0.25) is 0 Å². The number of carboxylic acid groups (broad SMARTS) is 1. The van der Waals surface area contributed by atoms with Crippen LogP contribution >= 0.6 is 0 Å². The van der Waals surface area contributed by atoms with E-state index in [1.54, 1.807) is 26.8 Å². The molecule has 0 aromatic rings. The number of aliphatic carboxylic acids is 1. The van der Waals surface area contributed by atoms with Gasteiger partial charge in [0.2, 0.25) is 0 Å². The Kier molecular flexibility index (Phi) is 10.1. The zero-order valence-electron chi connectivity index (χ0n) is 9.95. The Labute approximate surface area is 95.9 Å². The van der Waals surface area contributed by atoms with Crippen molar-refractivity contribution in [3.05, 3.63) is 36.5 Å². The molecule has 0 spiro atoms. The molecule has 0 aliphatic rings. The van der Waals surface area contributed by atoms with Crippen LogP contribution in [0.4, 0.5) is 0 Å². The molecule has 0 saturated carbocycles. The summed E-state index contributed by atoms with van der Waals surface area (Å²) in [5.74, 6) is -1.21. The zero-order valence-corrected chi connectivity index (χ0v) is 9.95. The summed E-state index contributed by atoms with van der Waals surface area (Å²) >= 11 is 0. The summed E-state index contributed by atoms with van der Waals surface area (Å²) in [7, 11) is 0. The third-order valence-corrected chi connectivity index (χ3v) is 1.45. The van der Waals surface area contributed by atoms with Crippen LogP contribution in [0.15, 0.2) is 36.5 Å². The molecule has 16 heavy (non-hydrogen) atoms. The molecule has 90 valence electrons. The van der Waals surface area contributed by atoms with E-state index >= 15 is 0 Å². The number of carbonyl (C=O) groups is 2. The normalized spacial score (nSPS) is 9.56. The summed E-state index contributed by atoms with van der Waals surface area (Å²) in [4.78, 5) is 20.4. The van der Waals surface area contributed by atoms with Crippen LogP contribution in [0.3, 0.4) is 0 Å². The first-order valence-electron chi connectivity index (χ1n) is 4.66. The van der Waals surface area contributed by atoms with Crippen molar-refractivity contribution in [2.24, 2.45) is 0 Å². The SMILES string of the molecule is C=CCOC(=O)C(=C)C.CC=C(C)C(=O)O. The van der Waals surface area contributed by atoms with Crippen molar-refractivity contribution < 1.29 is 19.4 Å². The van der Waals surface area contributed by atoms with Crippen LogP contribution < -0.4 is 0 Å². The lowest BCUT2D eigenvalue weighted by Gasteiger charge is -1.97. The predicted octanol–water partition coefficient (Wildman–Crippen LogP) is 2.33. The number of ether oxygens (including phenoxy) is 1. The van der Waals surface area contributed by atoms with Gasteiger partial charge in [0.25, 0.3) is 0 Å². The number of esters is 1. The molecule has 4 heteroatoms. The van der Waals surface area contributed by atoms with Crippen LogP contribution in [-0.2, 0) is 14.3 Å². The van der Waals surface area contributed by atoms with Crippen molar-refractivity contribution in [2.45, 2.75) is 20.8 Å². The molecule has 0 aliphatic heterocycles. The van der Waals surface area contributed by atoms with Crippen LogP contribution in [0.5, 0.6) is 0 Å². The molecule has 0 fully saturated rings. The molecule has 4 nitrogen and oxygen atoms in total. The Morgan fingerprint density at radius 1 is 1.38 bits per heavy atom. The highest BCUT2D eigenvalue weighted by Gasteiger charge is 1.98. The van der Waals surface area contributed by atoms with Gasteiger partial charge in [0.05, 0.1) is 0 Å². The van der Waals surface area contributed by atoms with Gasteiger partial charge in [0.1, 0.15) is 6.61 Å². The van der Waals surface area contributed by atoms with Crippen molar-refractivity contribution in [1.82, 2.24) is 0 Å². The summed E-state index contributed by atoms with van der Waals surface area (Å²) in [6, 6.07) is 0. The average molecular weight is 226 g/mol. The summed E-state index contributed by atoms with van der Waals surface area (Å²) in [6.07, 6.45) is 3.07. The van der Waals surface area contributed by atoms with Gasteiger partial charge in [-0.25, -0.2) is 9.59 Å². The van der Waals surface area contributed by atoms with E-state index in [1.807, 2.05) is 0 Å². The van der Waals surface area contributed by atoms with E-state index < -0.39 is 5.97 Å². The highest BCUT2D eigenvalue weighted by molar-refractivity contribution is 5.87. The van der Waals surface area contributed by atoms with Crippen molar-refractivity contribution in [3.63, 3.8) is 0 Å². The van der Waals surface area contributed by atoms with Crippen LogP contribution in [0.1, 0.15) is 20.8 Å². The van der Waals surface area contributed by atoms with Crippen molar-refractivity contribution in [2.75, 3.05) is 6.61 Å². The van der Waals surface area contributed by atoms with Crippen LogP contribution in [0, 0.1) is 0 Å². The predicted molar refractivity (Wildman–Crippen MR) is 63.0 cm³/mol. The number of allylic oxidation sites excluding steroid dienone is 1. The standard InChI is InChI=1S/C7H10O2.C5H8O2/c1-4-5-9-7(8)6(2)3;1-3-4(2)5(6)7/h4H,1-2,5H2,3H3;3H,1-2H3,(H,6,7). The van der Waals surface area contributed by atoms with E-state index in [4.69, 9.17) is 5.11 Å². The number of carbonyl (C=O) groups excluding carboxylic acids is 1. The molecule has 0 aromatic carbocycles. The monoisotopic (exact) mass is 226 g/mol. The van der Waals surface area contributed by atoms with Gasteiger partial charge in [-0.2, -0.15) is 0 Å². The second-order valence-electron chi connectivity index (χ2n) is 2.94. The van der Waals surface area contributed by atoms with Gasteiger partial charge in [0, 0.05) is 11.1 Å². The molecule has 0 aromatic heterocycles. The zero-order chi connectivity index (χ0) is 13.1.